The zero-order valence-corrected chi connectivity index (χ0v) is 12.7. The molecule has 0 aliphatic rings. The molecule has 0 bridgehead atoms. The second kappa shape index (κ2) is 6.20. The maximum atomic E-state index is 12.8. The first-order chi connectivity index (χ1) is 10.3. The molecule has 0 aliphatic heterocycles. The van der Waals surface area contributed by atoms with Gasteiger partial charge in [0.1, 0.15) is 11.9 Å². The lowest BCUT2D eigenvalue weighted by Crippen LogP contribution is -2.39. The van der Waals surface area contributed by atoms with Gasteiger partial charge in [-0.1, -0.05) is 0 Å². The van der Waals surface area contributed by atoms with Crippen LogP contribution < -0.4 is 4.90 Å². The maximum Gasteiger partial charge on any atom is 0.328 e. The van der Waals surface area contributed by atoms with Gasteiger partial charge < -0.3 is 9.64 Å². The maximum absolute atomic E-state index is 12.8. The molecular weight excluding hydrogens is 296 g/mol. The van der Waals surface area contributed by atoms with E-state index in [1.54, 1.807) is 38.8 Å². The Kier molecular flexibility index (Phi) is 4.53. The summed E-state index contributed by atoms with van der Waals surface area (Å²) in [7, 11) is 1.63. The molecule has 22 heavy (non-hydrogen) atoms. The van der Waals surface area contributed by atoms with Gasteiger partial charge in [0.15, 0.2) is 5.65 Å². The van der Waals surface area contributed by atoms with Crippen LogP contribution in [0.3, 0.4) is 0 Å². The predicted octanol–water partition coefficient (Wildman–Crippen LogP) is 1.84. The number of likely N-dealkylation sites (N-methyl/N-ethyl adjacent to an activating group) is 1. The number of alkyl halides is 2. The predicted molar refractivity (Wildman–Crippen MR) is 74.8 cm³/mol. The number of ether oxygens (including phenoxy) is 1. The Hall–Kier alpha value is -2.32. The normalized spacial score (nSPS) is 12.9. The van der Waals surface area contributed by atoms with Gasteiger partial charge >= 0.3 is 5.97 Å². The Labute approximate surface area is 125 Å². The van der Waals surface area contributed by atoms with Crippen molar-refractivity contribution in [3.05, 3.63) is 18.0 Å². The molecule has 0 saturated carbocycles. The number of fused-ring (bicyclic) bond motifs is 1. The van der Waals surface area contributed by atoms with E-state index in [2.05, 4.69) is 15.3 Å². The molecule has 0 spiro atoms. The van der Waals surface area contributed by atoms with Crippen LogP contribution in [-0.2, 0) is 9.53 Å². The van der Waals surface area contributed by atoms with Gasteiger partial charge in [-0.3, -0.25) is 0 Å². The van der Waals surface area contributed by atoms with Gasteiger partial charge in [0.25, 0.3) is 6.43 Å². The summed E-state index contributed by atoms with van der Waals surface area (Å²) in [6.07, 6.45) is -3.02. The van der Waals surface area contributed by atoms with Gasteiger partial charge in [-0.2, -0.15) is 4.52 Å². The van der Waals surface area contributed by atoms with E-state index >= 15 is 0 Å². The SMILES string of the molecule is CC(C)OC(=O)C(C)N(C)c1ccc2nnc(C(F)F)n2n1. The van der Waals surface area contributed by atoms with E-state index in [9.17, 15) is 13.6 Å². The molecule has 0 fully saturated rings. The number of halogens is 2. The number of carbonyl (C=O) groups excluding carboxylic acids is 1. The third kappa shape index (κ3) is 3.12. The lowest BCUT2D eigenvalue weighted by molar-refractivity contribution is -0.148. The fourth-order valence-electron chi connectivity index (χ4n) is 1.81. The van der Waals surface area contributed by atoms with E-state index in [0.29, 0.717) is 5.82 Å². The minimum absolute atomic E-state index is 0.213. The first-order valence-electron chi connectivity index (χ1n) is 6.75. The molecule has 0 amide bonds. The van der Waals surface area contributed by atoms with Crippen LogP contribution in [0.2, 0.25) is 0 Å². The van der Waals surface area contributed by atoms with Crippen LogP contribution in [0.25, 0.3) is 5.65 Å². The van der Waals surface area contributed by atoms with Crippen LogP contribution in [0.1, 0.15) is 33.0 Å². The zero-order valence-electron chi connectivity index (χ0n) is 12.7. The molecule has 9 heteroatoms. The number of esters is 1. The summed E-state index contributed by atoms with van der Waals surface area (Å²) in [6, 6.07) is 2.48. The monoisotopic (exact) mass is 313 g/mol. The topological polar surface area (TPSA) is 72.6 Å². The van der Waals surface area contributed by atoms with Crippen molar-refractivity contribution < 1.29 is 18.3 Å². The average Bonchev–Trinajstić information content (AvgIpc) is 2.87. The van der Waals surface area contributed by atoms with Crippen molar-refractivity contribution in [3.63, 3.8) is 0 Å². The highest BCUT2D eigenvalue weighted by molar-refractivity contribution is 5.79. The summed E-state index contributed by atoms with van der Waals surface area (Å²) in [5.74, 6) is -0.623. The van der Waals surface area contributed by atoms with Gasteiger partial charge in [0.05, 0.1) is 6.10 Å². The van der Waals surface area contributed by atoms with Crippen molar-refractivity contribution in [1.29, 1.82) is 0 Å². The van der Waals surface area contributed by atoms with E-state index in [4.69, 9.17) is 4.74 Å². The number of rotatable bonds is 5. The summed E-state index contributed by atoms with van der Waals surface area (Å²) in [5.41, 5.74) is 0.213. The molecule has 2 aromatic rings. The molecule has 7 nitrogen and oxygen atoms in total. The molecule has 1 unspecified atom stereocenters. The fourth-order valence-corrected chi connectivity index (χ4v) is 1.81. The van der Waals surface area contributed by atoms with Crippen molar-refractivity contribution in [2.24, 2.45) is 0 Å². The molecule has 2 rings (SSSR count). The van der Waals surface area contributed by atoms with Gasteiger partial charge in [-0.25, -0.2) is 13.6 Å². The van der Waals surface area contributed by atoms with Crippen molar-refractivity contribution in [2.75, 3.05) is 11.9 Å². The molecule has 0 N–H and O–H groups in total. The minimum Gasteiger partial charge on any atom is -0.461 e. The number of nitrogens with zero attached hydrogens (tertiary/aromatic N) is 5. The second-order valence-electron chi connectivity index (χ2n) is 5.09. The summed E-state index contributed by atoms with van der Waals surface area (Å²) in [6.45, 7) is 5.15. The molecule has 0 aliphatic carbocycles. The Morgan fingerprint density at radius 1 is 1.27 bits per heavy atom. The molecular formula is C13H17F2N5O2. The van der Waals surface area contributed by atoms with Gasteiger partial charge in [0, 0.05) is 7.05 Å². The third-order valence-electron chi connectivity index (χ3n) is 3.10. The van der Waals surface area contributed by atoms with Crippen LogP contribution in [0.5, 0.6) is 0 Å². The smallest absolute Gasteiger partial charge is 0.328 e. The second-order valence-corrected chi connectivity index (χ2v) is 5.09. The average molecular weight is 313 g/mol. The highest BCUT2D eigenvalue weighted by Crippen LogP contribution is 2.19. The Morgan fingerprint density at radius 3 is 2.55 bits per heavy atom. The van der Waals surface area contributed by atoms with E-state index in [1.807, 2.05) is 0 Å². The molecule has 1 atom stereocenters. The summed E-state index contributed by atoms with van der Waals surface area (Å²) in [4.78, 5) is 13.5. The summed E-state index contributed by atoms with van der Waals surface area (Å²) in [5, 5.41) is 11.1. The zero-order chi connectivity index (χ0) is 16.4. The van der Waals surface area contributed by atoms with E-state index in [-0.39, 0.29) is 11.8 Å². The van der Waals surface area contributed by atoms with E-state index < -0.39 is 24.3 Å². The Balaban J connectivity index is 2.29. The molecule has 0 aromatic carbocycles. The number of aromatic nitrogens is 4. The fraction of sp³-hybridized carbons (Fsp3) is 0.538. The summed E-state index contributed by atoms with van der Waals surface area (Å²) < 4.78 is 31.8. The van der Waals surface area contributed by atoms with Gasteiger partial charge in [-0.05, 0) is 32.9 Å². The molecule has 2 aromatic heterocycles. The van der Waals surface area contributed by atoms with Crippen molar-refractivity contribution in [2.45, 2.75) is 39.3 Å². The third-order valence-corrected chi connectivity index (χ3v) is 3.10. The van der Waals surface area contributed by atoms with Crippen LogP contribution >= 0.6 is 0 Å². The largest absolute Gasteiger partial charge is 0.461 e. The highest BCUT2D eigenvalue weighted by atomic mass is 19.3. The molecule has 120 valence electrons. The van der Waals surface area contributed by atoms with Crippen molar-refractivity contribution in [1.82, 2.24) is 19.8 Å². The minimum atomic E-state index is -2.79. The first-order valence-corrected chi connectivity index (χ1v) is 6.75. The Bertz CT molecular complexity index is 673. The molecule has 0 saturated heterocycles. The standard InChI is InChI=1S/C13H17F2N5O2/c1-7(2)22-13(21)8(3)19(4)10-6-5-9-16-17-12(11(14)15)20(9)18-10/h5-8,11H,1-4H3. The van der Waals surface area contributed by atoms with Gasteiger partial charge in [-0.15, -0.1) is 15.3 Å². The highest BCUT2D eigenvalue weighted by Gasteiger charge is 2.23. The lowest BCUT2D eigenvalue weighted by atomic mass is 10.3. The van der Waals surface area contributed by atoms with Crippen molar-refractivity contribution >= 4 is 17.4 Å². The lowest BCUT2D eigenvalue weighted by Gasteiger charge is -2.25. The number of anilines is 1. The summed E-state index contributed by atoms with van der Waals surface area (Å²) >= 11 is 0. The molecule has 0 radical (unpaired) electrons. The number of hydrogen-bond donors (Lipinski definition) is 0. The van der Waals surface area contributed by atoms with Crippen LogP contribution in [0, 0.1) is 0 Å². The van der Waals surface area contributed by atoms with Gasteiger partial charge in [0.2, 0.25) is 5.82 Å². The quantitative estimate of drug-likeness (QED) is 0.784. The van der Waals surface area contributed by atoms with E-state index in [0.717, 1.165) is 4.52 Å². The molecule has 2 heterocycles. The Morgan fingerprint density at radius 2 is 1.95 bits per heavy atom. The first kappa shape index (κ1) is 16.1. The van der Waals surface area contributed by atoms with E-state index in [1.165, 1.54) is 6.07 Å². The number of carbonyl (C=O) groups is 1. The number of hydrogen-bond acceptors (Lipinski definition) is 6. The van der Waals surface area contributed by atoms with Crippen LogP contribution in [0.15, 0.2) is 12.1 Å². The van der Waals surface area contributed by atoms with Crippen LogP contribution in [0.4, 0.5) is 14.6 Å². The van der Waals surface area contributed by atoms with Crippen LogP contribution in [-0.4, -0.2) is 45.0 Å². The van der Waals surface area contributed by atoms with Crippen molar-refractivity contribution in [3.8, 4) is 0 Å².